The molecule has 6 heteroatoms. The Labute approximate surface area is 101 Å². The van der Waals surface area contributed by atoms with Crippen molar-refractivity contribution in [3.63, 3.8) is 0 Å². The molecule has 0 aliphatic rings. The number of halogens is 3. The summed E-state index contributed by atoms with van der Waals surface area (Å²) in [6.45, 7) is 0. The fraction of sp³-hybridized carbons (Fsp3) is 0. The third-order valence-electron chi connectivity index (χ3n) is 1.93. The van der Waals surface area contributed by atoms with E-state index in [4.69, 9.17) is 22.1 Å². The van der Waals surface area contributed by atoms with Gasteiger partial charge in [-0.1, -0.05) is 11.6 Å². The standard InChI is InChI=1S/C11H7ClF2N2O/c12-8-4-7(15)5-16-11(8)17-10-2-1-6(13)3-9(10)14/h1-5H,15H2. The zero-order valence-electron chi connectivity index (χ0n) is 8.45. The van der Waals surface area contributed by atoms with E-state index in [1.54, 1.807) is 0 Å². The number of ether oxygens (including phenoxy) is 1. The lowest BCUT2D eigenvalue weighted by atomic mass is 10.3. The molecule has 2 rings (SSSR count). The molecule has 0 bridgehead atoms. The molecule has 2 aromatic rings. The van der Waals surface area contributed by atoms with Crippen LogP contribution in [0, 0.1) is 11.6 Å². The Kier molecular flexibility index (Phi) is 3.10. The smallest absolute Gasteiger partial charge is 0.238 e. The van der Waals surface area contributed by atoms with Gasteiger partial charge in [-0.3, -0.25) is 0 Å². The number of benzene rings is 1. The largest absolute Gasteiger partial charge is 0.434 e. The molecule has 0 atom stereocenters. The van der Waals surface area contributed by atoms with Crippen LogP contribution in [0.1, 0.15) is 0 Å². The number of nitrogen functional groups attached to an aromatic ring is 1. The molecule has 0 unspecified atom stereocenters. The molecule has 0 aliphatic heterocycles. The second kappa shape index (κ2) is 4.55. The van der Waals surface area contributed by atoms with Crippen LogP contribution in [0.3, 0.4) is 0 Å². The molecule has 88 valence electrons. The minimum Gasteiger partial charge on any atom is -0.434 e. The Hall–Kier alpha value is -1.88. The van der Waals surface area contributed by atoms with Gasteiger partial charge in [0.15, 0.2) is 11.6 Å². The molecule has 2 N–H and O–H groups in total. The molecular weight excluding hydrogens is 250 g/mol. The predicted octanol–water partition coefficient (Wildman–Crippen LogP) is 3.39. The van der Waals surface area contributed by atoms with Crippen LogP contribution in [0.5, 0.6) is 11.6 Å². The van der Waals surface area contributed by atoms with Crippen LogP contribution in [-0.2, 0) is 0 Å². The van der Waals surface area contributed by atoms with Crippen molar-refractivity contribution >= 4 is 17.3 Å². The molecule has 1 aromatic carbocycles. The van der Waals surface area contributed by atoms with Crippen molar-refractivity contribution < 1.29 is 13.5 Å². The van der Waals surface area contributed by atoms with Gasteiger partial charge in [0.25, 0.3) is 0 Å². The van der Waals surface area contributed by atoms with Crippen LogP contribution in [-0.4, -0.2) is 4.98 Å². The Bertz CT molecular complexity index is 514. The number of hydrogen-bond donors (Lipinski definition) is 1. The third kappa shape index (κ3) is 2.62. The highest BCUT2D eigenvalue weighted by molar-refractivity contribution is 6.32. The topological polar surface area (TPSA) is 48.1 Å². The molecule has 0 amide bonds. The number of hydrogen-bond acceptors (Lipinski definition) is 3. The van der Waals surface area contributed by atoms with Crippen LogP contribution in [0.25, 0.3) is 0 Å². The lowest BCUT2D eigenvalue weighted by molar-refractivity contribution is 0.424. The molecule has 0 aliphatic carbocycles. The minimum absolute atomic E-state index is 0.00590. The molecule has 0 saturated heterocycles. The zero-order valence-corrected chi connectivity index (χ0v) is 9.21. The van der Waals surface area contributed by atoms with E-state index in [-0.39, 0.29) is 16.7 Å². The second-order valence-electron chi connectivity index (χ2n) is 3.23. The van der Waals surface area contributed by atoms with Gasteiger partial charge in [-0.2, -0.15) is 0 Å². The van der Waals surface area contributed by atoms with Crippen molar-refractivity contribution in [3.8, 4) is 11.6 Å². The van der Waals surface area contributed by atoms with Crippen molar-refractivity contribution in [3.05, 3.63) is 47.1 Å². The molecule has 0 fully saturated rings. The summed E-state index contributed by atoms with van der Waals surface area (Å²) >= 11 is 5.80. The Balaban J connectivity index is 2.31. The molecule has 1 aromatic heterocycles. The number of aromatic nitrogens is 1. The van der Waals surface area contributed by atoms with Gasteiger partial charge in [-0.15, -0.1) is 0 Å². The van der Waals surface area contributed by atoms with E-state index in [0.29, 0.717) is 11.8 Å². The molecule has 0 spiro atoms. The van der Waals surface area contributed by atoms with Gasteiger partial charge in [0.1, 0.15) is 10.8 Å². The first-order chi connectivity index (χ1) is 8.06. The van der Waals surface area contributed by atoms with Crippen molar-refractivity contribution in [1.29, 1.82) is 0 Å². The quantitative estimate of drug-likeness (QED) is 0.896. The van der Waals surface area contributed by atoms with E-state index in [1.165, 1.54) is 12.3 Å². The van der Waals surface area contributed by atoms with Gasteiger partial charge >= 0.3 is 0 Å². The molecule has 1 heterocycles. The van der Waals surface area contributed by atoms with E-state index in [1.807, 2.05) is 0 Å². The average molecular weight is 257 g/mol. The highest BCUT2D eigenvalue weighted by atomic mass is 35.5. The first-order valence-corrected chi connectivity index (χ1v) is 4.98. The van der Waals surface area contributed by atoms with Gasteiger partial charge in [-0.25, -0.2) is 13.8 Å². The maximum atomic E-state index is 13.3. The summed E-state index contributed by atoms with van der Waals surface area (Å²) in [5.41, 5.74) is 5.81. The molecule has 0 saturated carbocycles. The summed E-state index contributed by atoms with van der Waals surface area (Å²) in [5.74, 6) is -1.68. The van der Waals surface area contributed by atoms with Gasteiger partial charge in [-0.05, 0) is 18.2 Å². The second-order valence-corrected chi connectivity index (χ2v) is 3.64. The van der Waals surface area contributed by atoms with Crippen molar-refractivity contribution in [2.75, 3.05) is 5.73 Å². The SMILES string of the molecule is Nc1cnc(Oc2ccc(F)cc2F)c(Cl)c1. The summed E-state index contributed by atoms with van der Waals surface area (Å²) in [5, 5.41) is 0.147. The van der Waals surface area contributed by atoms with Crippen LogP contribution >= 0.6 is 11.6 Å². The van der Waals surface area contributed by atoms with Crippen molar-refractivity contribution in [2.45, 2.75) is 0 Å². The molecule has 17 heavy (non-hydrogen) atoms. The summed E-state index contributed by atoms with van der Waals surface area (Å²) in [7, 11) is 0. The van der Waals surface area contributed by atoms with Gasteiger partial charge in [0.2, 0.25) is 5.88 Å². The molecular formula is C11H7ClF2N2O. The van der Waals surface area contributed by atoms with Crippen molar-refractivity contribution in [2.24, 2.45) is 0 Å². The number of nitrogens with two attached hydrogens (primary N) is 1. The summed E-state index contributed by atoms with van der Waals surface area (Å²) in [4.78, 5) is 3.80. The van der Waals surface area contributed by atoms with E-state index in [9.17, 15) is 8.78 Å². The fourth-order valence-electron chi connectivity index (χ4n) is 1.18. The van der Waals surface area contributed by atoms with Crippen LogP contribution in [0.2, 0.25) is 5.02 Å². The summed E-state index contributed by atoms with van der Waals surface area (Å²) in [6.07, 6.45) is 1.32. The number of nitrogens with zero attached hydrogens (tertiary/aromatic N) is 1. The summed E-state index contributed by atoms with van der Waals surface area (Å²) in [6, 6.07) is 4.36. The lowest BCUT2D eigenvalue weighted by Crippen LogP contribution is -1.94. The van der Waals surface area contributed by atoms with E-state index >= 15 is 0 Å². The lowest BCUT2D eigenvalue weighted by Gasteiger charge is -2.07. The third-order valence-corrected chi connectivity index (χ3v) is 2.20. The fourth-order valence-corrected chi connectivity index (χ4v) is 1.39. The van der Waals surface area contributed by atoms with E-state index in [2.05, 4.69) is 4.98 Å². The van der Waals surface area contributed by atoms with Gasteiger partial charge < -0.3 is 10.5 Å². The Morgan fingerprint density at radius 3 is 2.65 bits per heavy atom. The highest BCUT2D eigenvalue weighted by Crippen LogP contribution is 2.29. The van der Waals surface area contributed by atoms with Crippen LogP contribution < -0.4 is 10.5 Å². The highest BCUT2D eigenvalue weighted by Gasteiger charge is 2.10. The Morgan fingerprint density at radius 1 is 1.24 bits per heavy atom. The molecule has 3 nitrogen and oxygen atoms in total. The average Bonchev–Trinajstić information content (AvgIpc) is 2.25. The van der Waals surface area contributed by atoms with E-state index < -0.39 is 11.6 Å². The predicted molar refractivity (Wildman–Crippen MR) is 60.1 cm³/mol. The first-order valence-electron chi connectivity index (χ1n) is 4.60. The van der Waals surface area contributed by atoms with Gasteiger partial charge in [0, 0.05) is 6.07 Å². The summed E-state index contributed by atoms with van der Waals surface area (Å²) < 4.78 is 31.1. The molecule has 0 radical (unpaired) electrons. The normalized spacial score (nSPS) is 10.3. The maximum Gasteiger partial charge on any atom is 0.238 e. The zero-order chi connectivity index (χ0) is 12.4. The van der Waals surface area contributed by atoms with Gasteiger partial charge in [0.05, 0.1) is 11.9 Å². The number of anilines is 1. The Morgan fingerprint density at radius 2 is 2.00 bits per heavy atom. The van der Waals surface area contributed by atoms with Crippen LogP contribution in [0.4, 0.5) is 14.5 Å². The number of pyridine rings is 1. The van der Waals surface area contributed by atoms with Crippen LogP contribution in [0.15, 0.2) is 30.5 Å². The maximum absolute atomic E-state index is 13.3. The first kappa shape index (κ1) is 11.6. The van der Waals surface area contributed by atoms with Crippen molar-refractivity contribution in [1.82, 2.24) is 4.98 Å². The van der Waals surface area contributed by atoms with E-state index in [0.717, 1.165) is 12.1 Å². The number of rotatable bonds is 2. The monoisotopic (exact) mass is 256 g/mol. The minimum atomic E-state index is -0.834.